The summed E-state index contributed by atoms with van der Waals surface area (Å²) in [6, 6.07) is 11.5. The molecule has 4 amide bonds. The fourth-order valence-corrected chi connectivity index (χ4v) is 9.18. The Kier molecular flexibility index (Phi) is 9.17. The summed E-state index contributed by atoms with van der Waals surface area (Å²) < 4.78 is 7.06. The van der Waals surface area contributed by atoms with Crippen molar-refractivity contribution >= 4 is 34.8 Å². The molecule has 2 N–H and O–H groups in total. The lowest BCUT2D eigenvalue weighted by Gasteiger charge is -2.55. The van der Waals surface area contributed by atoms with E-state index in [1.54, 1.807) is 18.0 Å². The Morgan fingerprint density at radius 1 is 0.980 bits per heavy atom. The number of fused-ring (bicyclic) bond motifs is 2. The number of carbonyl (C=O) groups excluding carboxylic acids is 2. The molecule has 2 atom stereocenters. The Labute approximate surface area is 286 Å². The number of nitrogens with zero attached hydrogens (tertiary/aromatic N) is 5. The molecule has 262 valence electrons. The number of amides is 4. The van der Waals surface area contributed by atoms with Gasteiger partial charge >= 0.3 is 17.9 Å². The molecule has 1 unspecified atom stereocenters. The molecule has 12 nitrogen and oxygen atoms in total. The molecule has 0 radical (unpaired) electrons. The summed E-state index contributed by atoms with van der Waals surface area (Å²) in [6.07, 6.45) is 7.36. The maximum absolute atomic E-state index is 15.2. The first-order valence-corrected chi connectivity index (χ1v) is 18.0. The van der Waals surface area contributed by atoms with Gasteiger partial charge in [-0.05, 0) is 80.7 Å². The minimum Gasteiger partial charge on any atom is -0.465 e. The standard InChI is InChI=1S/C37H48N6O6/c1-25-22-26(24-31-32(25)39(2)36(48)49-31)23-29(33(44)41-20-18-40(19-21-41)28-11-4-3-5-12-28)37(15-8-9-16-43(37)35(46)47)42-17-14-27-10-6-7-13-30(27)38-34(42)45/h6-7,10,13,22,24,28-29H,3-5,8-9,11-12,14-21,23H2,1-2H3,(H,38,45)(H,46,47)/t29?,37-/m1/s1. The number of hydrogen-bond acceptors (Lipinski definition) is 6. The average molecular weight is 673 g/mol. The summed E-state index contributed by atoms with van der Waals surface area (Å²) in [5.41, 5.74) is 2.91. The van der Waals surface area contributed by atoms with E-state index in [0.717, 1.165) is 29.8 Å². The molecule has 1 aliphatic carbocycles. The molecule has 12 heteroatoms. The predicted octanol–water partition coefficient (Wildman–Crippen LogP) is 5.03. The van der Waals surface area contributed by atoms with Gasteiger partial charge in [-0.2, -0.15) is 0 Å². The Hall–Kier alpha value is -4.32. The third kappa shape index (κ3) is 6.08. The van der Waals surface area contributed by atoms with Gasteiger partial charge in [0.05, 0.1) is 11.4 Å². The van der Waals surface area contributed by atoms with E-state index in [9.17, 15) is 19.5 Å². The number of oxazole rings is 1. The van der Waals surface area contributed by atoms with Crippen molar-refractivity contribution in [3.63, 3.8) is 0 Å². The van der Waals surface area contributed by atoms with Crippen molar-refractivity contribution in [2.24, 2.45) is 13.0 Å². The van der Waals surface area contributed by atoms with Gasteiger partial charge in [0.1, 0.15) is 5.66 Å². The largest absolute Gasteiger partial charge is 0.465 e. The van der Waals surface area contributed by atoms with Crippen LogP contribution in [0.25, 0.3) is 11.1 Å². The van der Waals surface area contributed by atoms with Crippen LogP contribution in [0.3, 0.4) is 0 Å². The van der Waals surface area contributed by atoms with Crippen molar-refractivity contribution in [2.75, 3.05) is 44.6 Å². The number of piperidine rings is 1. The van der Waals surface area contributed by atoms with E-state index in [0.29, 0.717) is 61.6 Å². The maximum atomic E-state index is 15.2. The molecule has 1 aromatic heterocycles. The molecule has 2 aromatic carbocycles. The van der Waals surface area contributed by atoms with Gasteiger partial charge in [-0.3, -0.25) is 24.1 Å². The molecular formula is C37H48N6O6. The van der Waals surface area contributed by atoms with E-state index in [1.807, 2.05) is 42.2 Å². The summed E-state index contributed by atoms with van der Waals surface area (Å²) in [6.45, 7) is 5.05. The number of para-hydroxylation sites is 1. The van der Waals surface area contributed by atoms with Crippen molar-refractivity contribution in [3.8, 4) is 0 Å². The average Bonchev–Trinajstić information content (AvgIpc) is 3.28. The van der Waals surface area contributed by atoms with E-state index in [1.165, 1.54) is 41.6 Å². The van der Waals surface area contributed by atoms with Crippen LogP contribution in [0.1, 0.15) is 68.1 Å². The van der Waals surface area contributed by atoms with Crippen molar-refractivity contribution in [1.29, 1.82) is 0 Å². The quantitative estimate of drug-likeness (QED) is 0.376. The number of aromatic nitrogens is 1. The molecule has 2 saturated heterocycles. The van der Waals surface area contributed by atoms with Crippen LogP contribution in [-0.4, -0.2) is 98.3 Å². The van der Waals surface area contributed by atoms with Gasteiger partial charge in [0.2, 0.25) is 5.91 Å². The second-order valence-electron chi connectivity index (χ2n) is 14.4. The lowest BCUT2D eigenvalue weighted by Crippen LogP contribution is -2.72. The van der Waals surface area contributed by atoms with E-state index < -0.39 is 29.5 Å². The molecule has 1 saturated carbocycles. The molecular weight excluding hydrogens is 624 g/mol. The van der Waals surface area contributed by atoms with Gasteiger partial charge in [0, 0.05) is 58.0 Å². The van der Waals surface area contributed by atoms with E-state index in [4.69, 9.17) is 4.42 Å². The first-order valence-electron chi connectivity index (χ1n) is 18.0. The third-order valence-corrected chi connectivity index (χ3v) is 11.6. The maximum Gasteiger partial charge on any atom is 0.419 e. The zero-order valence-corrected chi connectivity index (χ0v) is 28.7. The van der Waals surface area contributed by atoms with Crippen LogP contribution in [0, 0.1) is 12.8 Å². The highest BCUT2D eigenvalue weighted by Crippen LogP contribution is 2.43. The highest BCUT2D eigenvalue weighted by Gasteiger charge is 2.57. The number of rotatable bonds is 6. The summed E-state index contributed by atoms with van der Waals surface area (Å²) in [5.74, 6) is -1.51. The highest BCUT2D eigenvalue weighted by atomic mass is 16.4. The zero-order valence-electron chi connectivity index (χ0n) is 28.7. The Morgan fingerprint density at radius 3 is 2.49 bits per heavy atom. The second kappa shape index (κ2) is 13.5. The van der Waals surface area contributed by atoms with Crippen molar-refractivity contribution in [3.05, 3.63) is 63.6 Å². The van der Waals surface area contributed by atoms with Crippen molar-refractivity contribution in [1.82, 2.24) is 24.2 Å². The number of carboxylic acid groups (broad SMARTS) is 1. The molecule has 3 fully saturated rings. The van der Waals surface area contributed by atoms with Crippen LogP contribution in [0.5, 0.6) is 0 Å². The van der Waals surface area contributed by atoms with Crippen LogP contribution >= 0.6 is 0 Å². The first kappa shape index (κ1) is 33.2. The Balaban J connectivity index is 1.30. The number of anilines is 1. The van der Waals surface area contributed by atoms with Crippen molar-refractivity contribution in [2.45, 2.75) is 82.8 Å². The van der Waals surface area contributed by atoms with Gasteiger partial charge in [-0.15, -0.1) is 0 Å². The van der Waals surface area contributed by atoms with Crippen LogP contribution in [-0.2, 0) is 24.7 Å². The van der Waals surface area contributed by atoms with E-state index >= 15 is 4.79 Å². The van der Waals surface area contributed by atoms with Crippen LogP contribution in [0.15, 0.2) is 45.6 Å². The highest BCUT2D eigenvalue weighted by molar-refractivity contribution is 5.93. The number of aryl methyl sites for hydroxylation is 2. The molecule has 4 heterocycles. The van der Waals surface area contributed by atoms with Crippen LogP contribution < -0.4 is 11.1 Å². The van der Waals surface area contributed by atoms with Crippen LogP contribution in [0.4, 0.5) is 15.3 Å². The molecule has 7 rings (SSSR count). The third-order valence-electron chi connectivity index (χ3n) is 11.6. The van der Waals surface area contributed by atoms with Gasteiger partial charge in [0.25, 0.3) is 0 Å². The molecule has 4 aliphatic rings. The van der Waals surface area contributed by atoms with Gasteiger partial charge in [-0.1, -0.05) is 43.5 Å². The molecule has 0 bridgehead atoms. The lowest BCUT2D eigenvalue weighted by atomic mass is 9.77. The number of urea groups is 1. The number of nitrogens with one attached hydrogen (secondary N) is 1. The second-order valence-corrected chi connectivity index (χ2v) is 14.4. The first-order chi connectivity index (χ1) is 23.7. The Morgan fingerprint density at radius 2 is 1.73 bits per heavy atom. The molecule has 49 heavy (non-hydrogen) atoms. The summed E-state index contributed by atoms with van der Waals surface area (Å²) >= 11 is 0. The minimum absolute atomic E-state index is 0.140. The zero-order chi connectivity index (χ0) is 34.3. The predicted molar refractivity (Wildman–Crippen MR) is 186 cm³/mol. The fourth-order valence-electron chi connectivity index (χ4n) is 9.18. The lowest BCUT2D eigenvalue weighted by molar-refractivity contribution is -0.153. The SMILES string of the molecule is Cc1cc(CC(C(=O)N2CCN(C3CCCCC3)CC2)[C@@]2(N3CCc4ccccc4NC3=O)CCCCN2C(=O)O)cc2oc(=O)n(C)c12. The monoisotopic (exact) mass is 672 g/mol. The topological polar surface area (TPSA) is 132 Å². The van der Waals surface area contributed by atoms with Gasteiger partial charge in [-0.25, -0.2) is 14.4 Å². The number of hydrogen-bond donors (Lipinski definition) is 2. The number of likely N-dealkylation sites (tertiary alicyclic amines) is 1. The summed E-state index contributed by atoms with van der Waals surface area (Å²) in [7, 11) is 1.66. The summed E-state index contributed by atoms with van der Waals surface area (Å²) in [5, 5.41) is 13.9. The van der Waals surface area contributed by atoms with Gasteiger partial charge < -0.3 is 19.7 Å². The molecule has 3 aromatic rings. The molecule has 0 spiro atoms. The molecule has 3 aliphatic heterocycles. The number of benzene rings is 2. The number of carbonyl (C=O) groups is 3. The Bertz CT molecular complexity index is 1790. The fraction of sp³-hybridized carbons (Fsp3) is 0.568. The van der Waals surface area contributed by atoms with Gasteiger partial charge in [0.15, 0.2) is 5.58 Å². The minimum atomic E-state index is -1.44. The normalized spacial score (nSPS) is 23.2. The number of piperazine rings is 1. The summed E-state index contributed by atoms with van der Waals surface area (Å²) in [4.78, 5) is 62.6. The van der Waals surface area contributed by atoms with E-state index in [2.05, 4.69) is 10.2 Å². The van der Waals surface area contributed by atoms with Crippen LogP contribution in [0.2, 0.25) is 0 Å². The van der Waals surface area contributed by atoms with Crippen molar-refractivity contribution < 1.29 is 23.9 Å². The van der Waals surface area contributed by atoms with E-state index in [-0.39, 0.29) is 25.4 Å². The smallest absolute Gasteiger partial charge is 0.419 e.